The molecule has 0 saturated carbocycles. The maximum Gasteiger partial charge on any atom is 0.250 e. The number of benzene rings is 1. The molecule has 0 fully saturated rings. The highest BCUT2D eigenvalue weighted by molar-refractivity contribution is 7.91. The van der Waals surface area contributed by atoms with Crippen LogP contribution in [-0.2, 0) is 16.4 Å². The molecule has 2 rings (SSSR count). The average molecular weight is 327 g/mol. The second-order valence-corrected chi connectivity index (χ2v) is 8.09. The zero-order valence-electron chi connectivity index (χ0n) is 11.8. The fourth-order valence-electron chi connectivity index (χ4n) is 1.98. The average Bonchev–Trinajstić information content (AvgIpc) is 2.88. The third kappa shape index (κ3) is 4.62. The van der Waals surface area contributed by atoms with Crippen molar-refractivity contribution in [1.29, 1.82) is 0 Å². The molecule has 21 heavy (non-hydrogen) atoms. The van der Waals surface area contributed by atoms with Crippen molar-refractivity contribution in [2.75, 3.05) is 6.54 Å². The summed E-state index contributed by atoms with van der Waals surface area (Å²) in [6.07, 6.45) is 2.04. The number of sulfonamides is 1. The quantitative estimate of drug-likeness (QED) is 0.791. The summed E-state index contributed by atoms with van der Waals surface area (Å²) in [7, 11) is -3.40. The molecule has 0 saturated heterocycles. The molecule has 0 spiro atoms. The topological polar surface area (TPSA) is 46.2 Å². The molecule has 1 aromatic heterocycles. The maximum absolute atomic E-state index is 13.4. The van der Waals surface area contributed by atoms with Crippen molar-refractivity contribution in [2.45, 2.75) is 30.4 Å². The first kappa shape index (κ1) is 16.1. The number of unbranched alkanes of at least 4 members (excludes halogenated alkanes) is 1. The van der Waals surface area contributed by atoms with Crippen LogP contribution in [-0.4, -0.2) is 15.0 Å². The Kier molecular flexibility index (Phi) is 5.50. The van der Waals surface area contributed by atoms with Crippen molar-refractivity contribution in [2.24, 2.45) is 0 Å². The Hall–Kier alpha value is -1.24. The maximum atomic E-state index is 13.4. The van der Waals surface area contributed by atoms with Gasteiger partial charge in [0.05, 0.1) is 0 Å². The SMILES string of the molecule is Cc1ccc(S(=O)(=O)NCCCCc2ccccc2F)s1. The van der Waals surface area contributed by atoms with Crippen molar-refractivity contribution < 1.29 is 12.8 Å². The van der Waals surface area contributed by atoms with Gasteiger partial charge in [-0.25, -0.2) is 17.5 Å². The molecule has 0 amide bonds. The Bertz CT molecular complexity index is 695. The minimum atomic E-state index is -3.40. The van der Waals surface area contributed by atoms with E-state index in [1.54, 1.807) is 30.3 Å². The monoisotopic (exact) mass is 327 g/mol. The highest BCUT2D eigenvalue weighted by Gasteiger charge is 2.14. The molecule has 0 atom stereocenters. The van der Waals surface area contributed by atoms with Gasteiger partial charge >= 0.3 is 0 Å². The zero-order chi connectivity index (χ0) is 15.3. The highest BCUT2D eigenvalue weighted by Crippen LogP contribution is 2.20. The van der Waals surface area contributed by atoms with Gasteiger partial charge in [0.2, 0.25) is 10.0 Å². The lowest BCUT2D eigenvalue weighted by molar-refractivity contribution is 0.575. The molecule has 0 aliphatic carbocycles. The van der Waals surface area contributed by atoms with Crippen LogP contribution in [0.25, 0.3) is 0 Å². The van der Waals surface area contributed by atoms with Crippen molar-refractivity contribution in [3.8, 4) is 0 Å². The van der Waals surface area contributed by atoms with E-state index in [1.165, 1.54) is 17.4 Å². The first-order valence-electron chi connectivity index (χ1n) is 6.78. The fraction of sp³-hybridized carbons (Fsp3) is 0.333. The van der Waals surface area contributed by atoms with Crippen LogP contribution in [0.2, 0.25) is 0 Å². The molecule has 1 heterocycles. The van der Waals surface area contributed by atoms with Crippen molar-refractivity contribution in [3.63, 3.8) is 0 Å². The predicted molar refractivity (Wildman–Crippen MR) is 83.6 cm³/mol. The minimum Gasteiger partial charge on any atom is -0.210 e. The Morgan fingerprint density at radius 1 is 1.14 bits per heavy atom. The van der Waals surface area contributed by atoms with Crippen LogP contribution in [0.5, 0.6) is 0 Å². The summed E-state index contributed by atoms with van der Waals surface area (Å²) in [5, 5.41) is 0. The summed E-state index contributed by atoms with van der Waals surface area (Å²) >= 11 is 1.26. The molecule has 2 aromatic rings. The van der Waals surface area contributed by atoms with Crippen LogP contribution < -0.4 is 4.72 Å². The van der Waals surface area contributed by atoms with Gasteiger partial charge in [-0.05, 0) is 49.9 Å². The Morgan fingerprint density at radius 3 is 2.57 bits per heavy atom. The van der Waals surface area contributed by atoms with E-state index < -0.39 is 10.0 Å². The largest absolute Gasteiger partial charge is 0.250 e. The van der Waals surface area contributed by atoms with Gasteiger partial charge in [0.25, 0.3) is 0 Å². The molecular weight excluding hydrogens is 309 g/mol. The number of rotatable bonds is 7. The first-order chi connectivity index (χ1) is 9.99. The molecule has 1 aromatic carbocycles. The van der Waals surface area contributed by atoms with Crippen LogP contribution >= 0.6 is 11.3 Å². The second-order valence-electron chi connectivity index (χ2n) is 4.81. The van der Waals surface area contributed by atoms with Gasteiger partial charge in [-0.1, -0.05) is 18.2 Å². The van der Waals surface area contributed by atoms with Crippen LogP contribution in [0, 0.1) is 12.7 Å². The minimum absolute atomic E-state index is 0.202. The molecule has 3 nitrogen and oxygen atoms in total. The molecule has 6 heteroatoms. The van der Waals surface area contributed by atoms with Crippen molar-refractivity contribution in [1.82, 2.24) is 4.72 Å². The highest BCUT2D eigenvalue weighted by atomic mass is 32.2. The standard InChI is InChI=1S/C15H18FNO2S2/c1-12-9-10-15(20-12)21(18,19)17-11-5-4-7-13-6-2-3-8-14(13)16/h2-3,6,8-10,17H,4-5,7,11H2,1H3. The van der Waals surface area contributed by atoms with E-state index in [4.69, 9.17) is 0 Å². The predicted octanol–water partition coefficient (Wildman–Crippen LogP) is 3.50. The van der Waals surface area contributed by atoms with Crippen LogP contribution in [0.15, 0.2) is 40.6 Å². The van der Waals surface area contributed by atoms with Crippen LogP contribution in [0.3, 0.4) is 0 Å². The van der Waals surface area contributed by atoms with E-state index in [0.29, 0.717) is 29.2 Å². The number of hydrogen-bond donors (Lipinski definition) is 1. The van der Waals surface area contributed by atoms with E-state index in [0.717, 1.165) is 11.3 Å². The Balaban J connectivity index is 1.76. The van der Waals surface area contributed by atoms with Gasteiger partial charge in [0.1, 0.15) is 10.0 Å². The smallest absolute Gasteiger partial charge is 0.210 e. The molecule has 0 bridgehead atoms. The Labute approximate surface area is 128 Å². The van der Waals surface area contributed by atoms with Crippen LogP contribution in [0.1, 0.15) is 23.3 Å². The lowest BCUT2D eigenvalue weighted by Crippen LogP contribution is -2.24. The van der Waals surface area contributed by atoms with E-state index in [1.807, 2.05) is 6.92 Å². The van der Waals surface area contributed by atoms with Gasteiger partial charge < -0.3 is 0 Å². The van der Waals surface area contributed by atoms with Gasteiger partial charge in [-0.3, -0.25) is 0 Å². The number of nitrogens with one attached hydrogen (secondary N) is 1. The third-order valence-electron chi connectivity index (χ3n) is 3.10. The lowest BCUT2D eigenvalue weighted by Gasteiger charge is -2.05. The summed E-state index contributed by atoms with van der Waals surface area (Å²) < 4.78 is 40.3. The third-order valence-corrected chi connectivity index (χ3v) is 6.06. The molecule has 0 unspecified atom stereocenters. The molecule has 0 aliphatic heterocycles. The summed E-state index contributed by atoms with van der Waals surface area (Å²) in [5.74, 6) is -0.202. The lowest BCUT2D eigenvalue weighted by atomic mass is 10.1. The summed E-state index contributed by atoms with van der Waals surface area (Å²) in [6, 6.07) is 10.1. The van der Waals surface area contributed by atoms with Gasteiger partial charge in [0, 0.05) is 11.4 Å². The van der Waals surface area contributed by atoms with Gasteiger partial charge in [0.15, 0.2) is 0 Å². The van der Waals surface area contributed by atoms with E-state index >= 15 is 0 Å². The van der Waals surface area contributed by atoms with Crippen LogP contribution in [0.4, 0.5) is 4.39 Å². The normalized spacial score (nSPS) is 11.7. The number of halogens is 1. The zero-order valence-corrected chi connectivity index (χ0v) is 13.4. The van der Waals surface area contributed by atoms with E-state index in [9.17, 15) is 12.8 Å². The molecule has 114 valence electrons. The molecule has 1 N–H and O–H groups in total. The summed E-state index contributed by atoms with van der Waals surface area (Å²) in [6.45, 7) is 2.24. The number of hydrogen-bond acceptors (Lipinski definition) is 3. The first-order valence-corrected chi connectivity index (χ1v) is 9.08. The van der Waals surface area contributed by atoms with E-state index in [2.05, 4.69) is 4.72 Å². The van der Waals surface area contributed by atoms with Crippen molar-refractivity contribution >= 4 is 21.4 Å². The second kappa shape index (κ2) is 7.15. The van der Waals surface area contributed by atoms with Gasteiger partial charge in [-0.2, -0.15) is 0 Å². The summed E-state index contributed by atoms with van der Waals surface area (Å²) in [4.78, 5) is 0.968. The number of thiophene rings is 1. The summed E-state index contributed by atoms with van der Waals surface area (Å²) in [5.41, 5.74) is 0.675. The Morgan fingerprint density at radius 2 is 1.90 bits per heavy atom. The van der Waals surface area contributed by atoms with Gasteiger partial charge in [-0.15, -0.1) is 11.3 Å². The molecule has 0 aliphatic rings. The molecule has 0 radical (unpaired) electrons. The van der Waals surface area contributed by atoms with Crippen molar-refractivity contribution in [3.05, 3.63) is 52.7 Å². The number of aryl methyl sites for hydroxylation is 2. The molecular formula is C15H18FNO2S2. The van der Waals surface area contributed by atoms with E-state index in [-0.39, 0.29) is 5.82 Å². The fourth-order valence-corrected chi connectivity index (χ4v) is 4.38.